The molecule has 5 rings (SSSR count). The third-order valence-electron chi connectivity index (χ3n) is 6.89. The van der Waals surface area contributed by atoms with Crippen molar-refractivity contribution in [1.82, 2.24) is 14.7 Å². The van der Waals surface area contributed by atoms with Gasteiger partial charge in [-0.15, -0.1) is 0 Å². The lowest BCUT2D eigenvalue weighted by molar-refractivity contribution is -0.385. The Balaban J connectivity index is 1.43. The van der Waals surface area contributed by atoms with Gasteiger partial charge in [0.25, 0.3) is 17.3 Å². The Morgan fingerprint density at radius 3 is 1.97 bits per heavy atom. The minimum atomic E-state index is -0.455. The van der Waals surface area contributed by atoms with E-state index >= 15 is 0 Å². The van der Waals surface area contributed by atoms with E-state index in [1.54, 1.807) is 39.9 Å². The van der Waals surface area contributed by atoms with Gasteiger partial charge in [-0.2, -0.15) is 5.10 Å². The topological polar surface area (TPSA) is 128 Å². The first-order valence-corrected chi connectivity index (χ1v) is 12.4. The third kappa shape index (κ3) is 5.19. The fraction of sp³-hybridized carbons (Fsp3) is 0.214. The van der Waals surface area contributed by atoms with Crippen molar-refractivity contribution in [2.75, 3.05) is 31.1 Å². The molecule has 1 aromatic heterocycles. The van der Waals surface area contributed by atoms with E-state index in [1.165, 1.54) is 24.3 Å². The number of non-ortho nitro benzene ring substituents is 2. The number of nitro benzene ring substituents is 2. The lowest BCUT2D eigenvalue weighted by Crippen LogP contribution is -2.49. The number of nitrogens with zero attached hydrogens (tertiary/aromatic N) is 6. The summed E-state index contributed by atoms with van der Waals surface area (Å²) < 4.78 is 1.66. The molecule has 0 N–H and O–H groups in total. The van der Waals surface area contributed by atoms with Gasteiger partial charge in [-0.25, -0.2) is 4.68 Å². The molecule has 0 unspecified atom stereocenters. The number of rotatable bonds is 6. The van der Waals surface area contributed by atoms with Crippen molar-refractivity contribution in [3.05, 3.63) is 110 Å². The second-order valence-electron chi connectivity index (χ2n) is 9.47. The average Bonchev–Trinajstić information content (AvgIpc) is 3.39. The molecule has 1 aliphatic rings. The van der Waals surface area contributed by atoms with Crippen molar-refractivity contribution in [1.29, 1.82) is 0 Å². The standard InChI is InChI=1S/C28H26N6O5/c1-19-3-4-20(2)26(17-19)32-27(18-25(29-32)21-5-7-23(8-6-21)33(36)37)28(35)31-15-13-30(14-16-31)22-9-11-24(12-10-22)34(38)39/h3-12,17-18H,13-16H2,1-2H3. The van der Waals surface area contributed by atoms with Crippen LogP contribution in [0.1, 0.15) is 21.6 Å². The van der Waals surface area contributed by atoms with Crippen LogP contribution in [0.25, 0.3) is 16.9 Å². The average molecular weight is 527 g/mol. The van der Waals surface area contributed by atoms with Crippen LogP contribution < -0.4 is 4.90 Å². The zero-order valence-electron chi connectivity index (χ0n) is 21.5. The summed E-state index contributed by atoms with van der Waals surface area (Å²) in [6.07, 6.45) is 0. The van der Waals surface area contributed by atoms with Gasteiger partial charge in [-0.05, 0) is 61.4 Å². The fourth-order valence-corrected chi connectivity index (χ4v) is 4.67. The van der Waals surface area contributed by atoms with Crippen molar-refractivity contribution in [3.63, 3.8) is 0 Å². The summed E-state index contributed by atoms with van der Waals surface area (Å²) in [5, 5.41) is 26.8. The van der Waals surface area contributed by atoms with E-state index in [4.69, 9.17) is 5.10 Å². The first-order valence-electron chi connectivity index (χ1n) is 12.4. The van der Waals surface area contributed by atoms with Crippen LogP contribution in [-0.2, 0) is 0 Å². The summed E-state index contributed by atoms with van der Waals surface area (Å²) in [6.45, 7) is 6.04. The summed E-state index contributed by atoms with van der Waals surface area (Å²) in [4.78, 5) is 38.9. The van der Waals surface area contributed by atoms with Gasteiger partial charge in [-0.3, -0.25) is 25.0 Å². The van der Waals surface area contributed by atoms with Crippen LogP contribution in [0.2, 0.25) is 0 Å². The highest BCUT2D eigenvalue weighted by Gasteiger charge is 2.27. The number of amides is 1. The molecule has 0 atom stereocenters. The van der Waals surface area contributed by atoms with Gasteiger partial charge in [0.1, 0.15) is 5.69 Å². The monoisotopic (exact) mass is 526 g/mol. The van der Waals surface area contributed by atoms with Crippen molar-refractivity contribution in [2.24, 2.45) is 0 Å². The third-order valence-corrected chi connectivity index (χ3v) is 6.89. The maximum atomic E-state index is 13.8. The molecule has 4 aromatic rings. The Labute approximate surface area is 224 Å². The predicted molar refractivity (Wildman–Crippen MR) is 146 cm³/mol. The molecule has 0 spiro atoms. The number of carbonyl (C=O) groups excluding carboxylic acids is 1. The first kappa shape index (κ1) is 25.6. The van der Waals surface area contributed by atoms with Crippen LogP contribution >= 0.6 is 0 Å². The molecule has 0 saturated carbocycles. The quantitative estimate of drug-likeness (QED) is 0.257. The first-order chi connectivity index (χ1) is 18.7. The second-order valence-corrected chi connectivity index (χ2v) is 9.47. The summed E-state index contributed by atoms with van der Waals surface area (Å²) in [5.74, 6) is -0.167. The van der Waals surface area contributed by atoms with Gasteiger partial charge in [-0.1, -0.05) is 12.1 Å². The molecule has 3 aromatic carbocycles. The minimum absolute atomic E-state index is 0.0186. The SMILES string of the molecule is Cc1ccc(C)c(-n2nc(-c3ccc([N+](=O)[O-])cc3)cc2C(=O)N2CCN(c3ccc([N+](=O)[O-])cc3)CC2)c1. The summed E-state index contributed by atoms with van der Waals surface area (Å²) in [7, 11) is 0. The van der Waals surface area contributed by atoms with Crippen LogP contribution in [0.5, 0.6) is 0 Å². The maximum absolute atomic E-state index is 13.8. The number of aryl methyl sites for hydroxylation is 2. The van der Waals surface area contributed by atoms with Crippen LogP contribution in [0.3, 0.4) is 0 Å². The molecule has 0 aliphatic carbocycles. The van der Waals surface area contributed by atoms with Crippen LogP contribution in [0.4, 0.5) is 17.1 Å². The highest BCUT2D eigenvalue weighted by atomic mass is 16.6. The van der Waals surface area contributed by atoms with Gasteiger partial charge in [0.2, 0.25) is 0 Å². The largest absolute Gasteiger partial charge is 0.368 e. The molecule has 1 amide bonds. The van der Waals surface area contributed by atoms with Crippen LogP contribution in [-0.4, -0.2) is 56.6 Å². The molecule has 11 heteroatoms. The van der Waals surface area contributed by atoms with E-state index < -0.39 is 9.85 Å². The Kier molecular flexibility index (Phi) is 6.80. The molecule has 0 bridgehead atoms. The van der Waals surface area contributed by atoms with E-state index in [1.807, 2.05) is 32.0 Å². The van der Waals surface area contributed by atoms with Gasteiger partial charge in [0.15, 0.2) is 0 Å². The zero-order chi connectivity index (χ0) is 27.7. The maximum Gasteiger partial charge on any atom is 0.272 e. The summed E-state index contributed by atoms with van der Waals surface area (Å²) >= 11 is 0. The number of anilines is 1. The lowest BCUT2D eigenvalue weighted by Gasteiger charge is -2.36. The molecule has 198 valence electrons. The van der Waals surface area contributed by atoms with E-state index in [-0.39, 0.29) is 17.3 Å². The van der Waals surface area contributed by atoms with Crippen molar-refractivity contribution >= 4 is 23.0 Å². The molecule has 1 aliphatic heterocycles. The number of benzene rings is 3. The number of hydrogen-bond acceptors (Lipinski definition) is 7. The molecule has 11 nitrogen and oxygen atoms in total. The van der Waals surface area contributed by atoms with Gasteiger partial charge < -0.3 is 9.80 Å². The van der Waals surface area contributed by atoms with Crippen molar-refractivity contribution in [3.8, 4) is 16.9 Å². The van der Waals surface area contributed by atoms with Crippen molar-refractivity contribution < 1.29 is 14.6 Å². The molecule has 39 heavy (non-hydrogen) atoms. The van der Waals surface area contributed by atoms with Crippen LogP contribution in [0, 0.1) is 34.1 Å². The molecular weight excluding hydrogens is 500 g/mol. The van der Waals surface area contributed by atoms with E-state index in [0.29, 0.717) is 43.1 Å². The molecule has 1 saturated heterocycles. The summed E-state index contributed by atoms with van der Waals surface area (Å²) in [5.41, 5.74) is 5.27. The van der Waals surface area contributed by atoms with Crippen LogP contribution in [0.15, 0.2) is 72.8 Å². The van der Waals surface area contributed by atoms with E-state index in [2.05, 4.69) is 4.90 Å². The number of hydrogen-bond donors (Lipinski definition) is 0. The number of piperazine rings is 1. The Bertz CT molecular complexity index is 1550. The normalized spacial score (nSPS) is 13.4. The van der Waals surface area contributed by atoms with E-state index in [9.17, 15) is 25.0 Å². The Morgan fingerprint density at radius 2 is 1.38 bits per heavy atom. The van der Waals surface area contributed by atoms with E-state index in [0.717, 1.165) is 22.5 Å². The zero-order valence-corrected chi connectivity index (χ0v) is 21.5. The molecule has 1 fully saturated rings. The van der Waals surface area contributed by atoms with Gasteiger partial charge >= 0.3 is 0 Å². The fourth-order valence-electron chi connectivity index (χ4n) is 4.67. The molecule has 2 heterocycles. The summed E-state index contributed by atoms with van der Waals surface area (Å²) in [6, 6.07) is 20.2. The number of carbonyl (C=O) groups is 1. The van der Waals surface area contributed by atoms with Gasteiger partial charge in [0, 0.05) is 61.7 Å². The Hall–Kier alpha value is -5.06. The Morgan fingerprint density at radius 1 is 0.795 bits per heavy atom. The molecular formula is C28H26N6O5. The predicted octanol–water partition coefficient (Wildman–Crippen LogP) is 4.93. The highest BCUT2D eigenvalue weighted by molar-refractivity contribution is 5.94. The molecule has 0 radical (unpaired) electrons. The van der Waals surface area contributed by atoms with Crippen molar-refractivity contribution in [2.45, 2.75) is 13.8 Å². The smallest absolute Gasteiger partial charge is 0.272 e. The van der Waals surface area contributed by atoms with Gasteiger partial charge in [0.05, 0.1) is 21.2 Å². The number of aromatic nitrogens is 2. The lowest BCUT2D eigenvalue weighted by atomic mass is 10.1. The second kappa shape index (κ2) is 10.4. The highest BCUT2D eigenvalue weighted by Crippen LogP contribution is 2.27. The minimum Gasteiger partial charge on any atom is -0.368 e. The number of nitro groups is 2.